The van der Waals surface area contributed by atoms with Crippen LogP contribution in [0.2, 0.25) is 0 Å². The van der Waals surface area contributed by atoms with Crippen molar-refractivity contribution in [2.75, 3.05) is 0 Å². The van der Waals surface area contributed by atoms with E-state index in [0.29, 0.717) is 6.42 Å². The van der Waals surface area contributed by atoms with E-state index in [0.717, 1.165) is 5.56 Å². The van der Waals surface area contributed by atoms with Crippen molar-refractivity contribution in [1.82, 2.24) is 0 Å². The maximum absolute atomic E-state index is 11.1. The van der Waals surface area contributed by atoms with Gasteiger partial charge in [-0.05, 0) is 11.6 Å². The summed E-state index contributed by atoms with van der Waals surface area (Å²) < 4.78 is 0. The van der Waals surface area contributed by atoms with Gasteiger partial charge in [0.25, 0.3) is 0 Å². The maximum atomic E-state index is 11.1. The molecule has 0 unspecified atom stereocenters. The van der Waals surface area contributed by atoms with Crippen LogP contribution >= 0.6 is 0 Å². The minimum atomic E-state index is -0.0484. The molecule has 1 aromatic rings. The van der Waals surface area contributed by atoms with Crippen molar-refractivity contribution >= 4 is 5.78 Å². The highest BCUT2D eigenvalue weighted by Crippen LogP contribution is 2.00. The van der Waals surface area contributed by atoms with Gasteiger partial charge in [0, 0.05) is 12.5 Å². The Labute approximate surface area is 77.1 Å². The topological polar surface area (TPSA) is 40.9 Å². The highest BCUT2D eigenvalue weighted by atomic mass is 16.1. The predicted molar refractivity (Wildman–Crippen MR) is 49.9 cm³/mol. The molecule has 0 aliphatic carbocycles. The van der Waals surface area contributed by atoms with E-state index < -0.39 is 0 Å². The zero-order chi connectivity index (χ0) is 9.52. The fourth-order valence-corrected chi connectivity index (χ4v) is 0.986. The highest BCUT2D eigenvalue weighted by molar-refractivity contribution is 5.91. The molecule has 0 amide bonds. The lowest BCUT2D eigenvalue weighted by Crippen LogP contribution is -1.97. The van der Waals surface area contributed by atoms with Crippen molar-refractivity contribution < 1.29 is 4.79 Å². The van der Waals surface area contributed by atoms with Gasteiger partial charge in [-0.1, -0.05) is 30.3 Å². The van der Waals surface area contributed by atoms with Crippen LogP contribution in [0.25, 0.3) is 0 Å². The second-order valence-corrected chi connectivity index (χ2v) is 2.59. The van der Waals surface area contributed by atoms with Crippen molar-refractivity contribution in [3.05, 3.63) is 48.0 Å². The summed E-state index contributed by atoms with van der Waals surface area (Å²) in [5.74, 6) is -0.0484. The van der Waals surface area contributed by atoms with E-state index in [1.54, 1.807) is 6.07 Å². The number of ketones is 1. The second kappa shape index (κ2) is 4.89. The number of nitrogens with zero attached hydrogens (tertiary/aromatic N) is 1. The molecule has 0 aromatic heterocycles. The summed E-state index contributed by atoms with van der Waals surface area (Å²) in [6, 6.07) is 11.2. The van der Waals surface area contributed by atoms with Crippen LogP contribution in [-0.2, 0) is 11.2 Å². The Hall–Kier alpha value is -1.88. The molecule has 2 heteroatoms. The summed E-state index contributed by atoms with van der Waals surface area (Å²) in [4.78, 5) is 11.1. The van der Waals surface area contributed by atoms with E-state index in [4.69, 9.17) is 5.26 Å². The van der Waals surface area contributed by atoms with E-state index in [2.05, 4.69) is 0 Å². The van der Waals surface area contributed by atoms with Crippen molar-refractivity contribution in [3.8, 4) is 6.07 Å². The Morgan fingerprint density at radius 2 is 2.08 bits per heavy atom. The van der Waals surface area contributed by atoms with E-state index in [9.17, 15) is 4.79 Å². The molecule has 64 valence electrons. The third-order valence-corrected chi connectivity index (χ3v) is 1.56. The van der Waals surface area contributed by atoms with Gasteiger partial charge in [-0.15, -0.1) is 0 Å². The maximum Gasteiger partial charge on any atom is 0.160 e. The third kappa shape index (κ3) is 3.35. The first-order valence-electron chi connectivity index (χ1n) is 3.96. The molecule has 0 bridgehead atoms. The monoisotopic (exact) mass is 171 g/mol. The van der Waals surface area contributed by atoms with Crippen LogP contribution in [-0.4, -0.2) is 5.78 Å². The Balaban J connectivity index is 2.57. The average molecular weight is 171 g/mol. The molecule has 0 aliphatic heterocycles. The van der Waals surface area contributed by atoms with Crippen molar-refractivity contribution in [1.29, 1.82) is 5.26 Å². The van der Waals surface area contributed by atoms with Gasteiger partial charge in [-0.25, -0.2) is 0 Å². The van der Waals surface area contributed by atoms with Crippen LogP contribution in [0, 0.1) is 11.3 Å². The van der Waals surface area contributed by atoms with Crippen molar-refractivity contribution in [3.63, 3.8) is 0 Å². The Bertz CT molecular complexity index is 346. The Morgan fingerprint density at radius 1 is 1.38 bits per heavy atom. The smallest absolute Gasteiger partial charge is 0.160 e. The number of nitriles is 1. The highest BCUT2D eigenvalue weighted by Gasteiger charge is 1.97. The zero-order valence-corrected chi connectivity index (χ0v) is 7.10. The Morgan fingerprint density at radius 3 is 2.69 bits per heavy atom. The molecule has 2 nitrogen and oxygen atoms in total. The predicted octanol–water partition coefficient (Wildman–Crippen LogP) is 1.88. The van der Waals surface area contributed by atoms with Crippen LogP contribution in [0.5, 0.6) is 0 Å². The van der Waals surface area contributed by atoms with E-state index in [-0.39, 0.29) is 5.78 Å². The number of carbonyl (C=O) groups is 1. The Kier molecular flexibility index (Phi) is 3.46. The van der Waals surface area contributed by atoms with Crippen molar-refractivity contribution in [2.45, 2.75) is 6.42 Å². The van der Waals surface area contributed by atoms with Crippen LogP contribution in [0.15, 0.2) is 42.5 Å². The quantitative estimate of drug-likeness (QED) is 0.514. The molecule has 1 rings (SSSR count). The number of benzene rings is 1. The molecule has 0 saturated heterocycles. The van der Waals surface area contributed by atoms with Gasteiger partial charge in [-0.2, -0.15) is 5.26 Å². The minimum absolute atomic E-state index is 0.0484. The fourth-order valence-electron chi connectivity index (χ4n) is 0.986. The van der Waals surface area contributed by atoms with E-state index in [1.807, 2.05) is 30.3 Å². The molecular weight excluding hydrogens is 162 g/mol. The van der Waals surface area contributed by atoms with Gasteiger partial charge >= 0.3 is 0 Å². The minimum Gasteiger partial charge on any atom is -0.294 e. The fraction of sp³-hybridized carbons (Fsp3) is 0.0909. The van der Waals surface area contributed by atoms with Crippen LogP contribution in [0.4, 0.5) is 0 Å². The van der Waals surface area contributed by atoms with Gasteiger partial charge < -0.3 is 0 Å². The normalized spacial score (nSPS) is 9.77. The number of carbonyl (C=O) groups excluding carboxylic acids is 1. The summed E-state index contributed by atoms with van der Waals surface area (Å²) in [6.07, 6.45) is 2.86. The molecule has 0 heterocycles. The summed E-state index contributed by atoms with van der Waals surface area (Å²) in [7, 11) is 0. The standard InChI is InChI=1S/C11H9NO/c12-8-4-7-11(13)9-10-5-2-1-3-6-10/h1-7H,9H2. The van der Waals surface area contributed by atoms with E-state index in [1.165, 1.54) is 12.2 Å². The van der Waals surface area contributed by atoms with Gasteiger partial charge in [0.15, 0.2) is 5.78 Å². The summed E-state index contributed by atoms with van der Waals surface area (Å²) in [6.45, 7) is 0. The summed E-state index contributed by atoms with van der Waals surface area (Å²) in [5, 5.41) is 8.19. The molecular formula is C11H9NO. The molecule has 0 aliphatic rings. The molecule has 13 heavy (non-hydrogen) atoms. The summed E-state index contributed by atoms with van der Waals surface area (Å²) >= 11 is 0. The zero-order valence-electron chi connectivity index (χ0n) is 7.10. The SMILES string of the molecule is N#CC=CC(=O)Cc1ccccc1. The molecule has 0 radical (unpaired) electrons. The largest absolute Gasteiger partial charge is 0.294 e. The summed E-state index contributed by atoms with van der Waals surface area (Å²) in [5.41, 5.74) is 0.968. The lowest BCUT2D eigenvalue weighted by Gasteiger charge is -1.94. The lowest BCUT2D eigenvalue weighted by molar-refractivity contribution is -0.114. The molecule has 0 N–H and O–H groups in total. The third-order valence-electron chi connectivity index (χ3n) is 1.56. The first-order chi connectivity index (χ1) is 6.33. The van der Waals surface area contributed by atoms with Gasteiger partial charge in [0.05, 0.1) is 6.07 Å². The average Bonchev–Trinajstić information content (AvgIpc) is 2.16. The van der Waals surface area contributed by atoms with Crippen LogP contribution in [0.3, 0.4) is 0 Å². The van der Waals surface area contributed by atoms with Crippen LogP contribution < -0.4 is 0 Å². The lowest BCUT2D eigenvalue weighted by atomic mass is 10.1. The van der Waals surface area contributed by atoms with Gasteiger partial charge in [0.1, 0.15) is 0 Å². The number of hydrogen-bond donors (Lipinski definition) is 0. The number of hydrogen-bond acceptors (Lipinski definition) is 2. The number of allylic oxidation sites excluding steroid dienone is 2. The second-order valence-electron chi connectivity index (χ2n) is 2.59. The molecule has 0 spiro atoms. The molecule has 0 atom stereocenters. The van der Waals surface area contributed by atoms with Crippen LogP contribution in [0.1, 0.15) is 5.56 Å². The molecule has 0 saturated carbocycles. The van der Waals surface area contributed by atoms with E-state index >= 15 is 0 Å². The van der Waals surface area contributed by atoms with Gasteiger partial charge in [0.2, 0.25) is 0 Å². The first-order valence-corrected chi connectivity index (χ1v) is 3.96. The van der Waals surface area contributed by atoms with Crippen molar-refractivity contribution in [2.24, 2.45) is 0 Å². The number of rotatable bonds is 3. The van der Waals surface area contributed by atoms with Gasteiger partial charge in [-0.3, -0.25) is 4.79 Å². The molecule has 0 fully saturated rings. The molecule has 1 aromatic carbocycles. The first kappa shape index (κ1) is 9.21.